The molecule has 1 fully saturated rings. The van der Waals surface area contributed by atoms with Gasteiger partial charge in [0.1, 0.15) is 12.4 Å². The molecule has 6 heteroatoms. The van der Waals surface area contributed by atoms with E-state index in [0.717, 1.165) is 38.2 Å². The van der Waals surface area contributed by atoms with Crippen molar-refractivity contribution in [2.75, 3.05) is 55.9 Å². The van der Waals surface area contributed by atoms with Crippen LogP contribution in [-0.2, 0) is 14.3 Å². The van der Waals surface area contributed by atoms with Crippen LogP contribution in [0.3, 0.4) is 0 Å². The van der Waals surface area contributed by atoms with Gasteiger partial charge in [-0.05, 0) is 31.0 Å². The highest BCUT2D eigenvalue weighted by Gasteiger charge is 2.27. The van der Waals surface area contributed by atoms with Crippen molar-refractivity contribution in [2.45, 2.75) is 19.8 Å². The van der Waals surface area contributed by atoms with Crippen LogP contribution in [0.2, 0.25) is 0 Å². The van der Waals surface area contributed by atoms with Gasteiger partial charge in [-0.25, -0.2) is 4.39 Å². The SMILES string of the molecule is CCCN1CCN(C(=O)COC[C@@H]2CCOC2)c2cc(F)ccc21. The quantitative estimate of drug-likeness (QED) is 0.800. The molecule has 2 aliphatic rings. The molecular formula is C18H25FN2O3. The Morgan fingerprint density at radius 3 is 3.00 bits per heavy atom. The molecule has 0 saturated carbocycles. The van der Waals surface area contributed by atoms with Gasteiger partial charge in [0.05, 0.1) is 24.6 Å². The fourth-order valence-corrected chi connectivity index (χ4v) is 3.31. The number of carbonyl (C=O) groups is 1. The topological polar surface area (TPSA) is 42.0 Å². The molecule has 2 aliphatic heterocycles. The van der Waals surface area contributed by atoms with Crippen molar-refractivity contribution in [3.8, 4) is 0 Å². The molecule has 1 saturated heterocycles. The Kier molecular flexibility index (Phi) is 5.68. The summed E-state index contributed by atoms with van der Waals surface area (Å²) in [5, 5.41) is 0. The minimum absolute atomic E-state index is 0.0280. The maximum atomic E-state index is 13.7. The monoisotopic (exact) mass is 336 g/mol. The zero-order chi connectivity index (χ0) is 16.9. The summed E-state index contributed by atoms with van der Waals surface area (Å²) >= 11 is 0. The van der Waals surface area contributed by atoms with Crippen LogP contribution in [0.5, 0.6) is 0 Å². The Bertz CT molecular complexity index is 575. The summed E-state index contributed by atoms with van der Waals surface area (Å²) in [5.74, 6) is -0.0604. The second-order valence-electron chi connectivity index (χ2n) is 6.41. The van der Waals surface area contributed by atoms with E-state index in [2.05, 4.69) is 11.8 Å². The molecule has 1 amide bonds. The van der Waals surface area contributed by atoms with Crippen molar-refractivity contribution in [3.63, 3.8) is 0 Å². The summed E-state index contributed by atoms with van der Waals surface area (Å²) in [5.41, 5.74) is 1.56. The number of benzene rings is 1. The van der Waals surface area contributed by atoms with Gasteiger partial charge >= 0.3 is 0 Å². The second kappa shape index (κ2) is 7.94. The van der Waals surface area contributed by atoms with E-state index in [1.807, 2.05) is 0 Å². The molecule has 1 aromatic rings. The predicted molar refractivity (Wildman–Crippen MR) is 91.0 cm³/mol. The van der Waals surface area contributed by atoms with Crippen molar-refractivity contribution < 1.29 is 18.7 Å². The molecule has 0 radical (unpaired) electrons. The third kappa shape index (κ3) is 3.87. The van der Waals surface area contributed by atoms with E-state index in [4.69, 9.17) is 9.47 Å². The van der Waals surface area contributed by atoms with E-state index >= 15 is 0 Å². The number of amides is 1. The molecule has 0 aliphatic carbocycles. The first-order chi connectivity index (χ1) is 11.7. The molecule has 5 nitrogen and oxygen atoms in total. The van der Waals surface area contributed by atoms with Gasteiger partial charge in [0.25, 0.3) is 5.91 Å². The molecule has 1 aromatic carbocycles. The maximum absolute atomic E-state index is 13.7. The van der Waals surface area contributed by atoms with Crippen LogP contribution in [0, 0.1) is 11.7 Å². The van der Waals surface area contributed by atoms with Gasteiger partial charge in [-0.15, -0.1) is 0 Å². The van der Waals surface area contributed by atoms with Crippen LogP contribution in [-0.4, -0.2) is 52.0 Å². The van der Waals surface area contributed by atoms with Crippen LogP contribution >= 0.6 is 0 Å². The van der Waals surface area contributed by atoms with Crippen LogP contribution in [0.4, 0.5) is 15.8 Å². The number of halogens is 1. The third-order valence-electron chi connectivity index (χ3n) is 4.56. The highest BCUT2D eigenvalue weighted by Crippen LogP contribution is 2.34. The van der Waals surface area contributed by atoms with Crippen LogP contribution in [0.15, 0.2) is 18.2 Å². The summed E-state index contributed by atoms with van der Waals surface area (Å²) in [6.45, 7) is 6.38. The first-order valence-electron chi connectivity index (χ1n) is 8.69. The predicted octanol–water partition coefficient (Wildman–Crippen LogP) is 2.44. The molecule has 3 rings (SSSR count). The van der Waals surface area contributed by atoms with E-state index in [1.54, 1.807) is 11.0 Å². The lowest BCUT2D eigenvalue weighted by Gasteiger charge is -2.37. The Balaban J connectivity index is 1.65. The molecule has 24 heavy (non-hydrogen) atoms. The lowest BCUT2D eigenvalue weighted by atomic mass is 10.1. The van der Waals surface area contributed by atoms with Crippen molar-refractivity contribution >= 4 is 17.3 Å². The maximum Gasteiger partial charge on any atom is 0.253 e. The number of hydrogen-bond acceptors (Lipinski definition) is 4. The summed E-state index contributed by atoms with van der Waals surface area (Å²) in [7, 11) is 0. The molecule has 1 atom stereocenters. The lowest BCUT2D eigenvalue weighted by molar-refractivity contribution is -0.123. The van der Waals surface area contributed by atoms with E-state index in [1.165, 1.54) is 12.1 Å². The molecule has 0 aromatic heterocycles. The average molecular weight is 336 g/mol. The van der Waals surface area contributed by atoms with Gasteiger partial charge in [-0.3, -0.25) is 4.79 Å². The average Bonchev–Trinajstić information content (AvgIpc) is 3.08. The number of ether oxygens (including phenoxy) is 2. The van der Waals surface area contributed by atoms with Gasteiger partial charge < -0.3 is 19.3 Å². The third-order valence-corrected chi connectivity index (χ3v) is 4.56. The molecule has 132 valence electrons. The first-order valence-corrected chi connectivity index (χ1v) is 8.69. The van der Waals surface area contributed by atoms with Gasteiger partial charge in [0.15, 0.2) is 0 Å². The number of rotatable bonds is 6. The Labute approximate surface area is 142 Å². The van der Waals surface area contributed by atoms with Gasteiger partial charge in [0.2, 0.25) is 0 Å². The van der Waals surface area contributed by atoms with Gasteiger partial charge in [-0.2, -0.15) is 0 Å². The number of hydrogen-bond donors (Lipinski definition) is 0. The lowest BCUT2D eigenvalue weighted by Crippen LogP contribution is -2.45. The van der Waals surface area contributed by atoms with Gasteiger partial charge in [-0.1, -0.05) is 6.92 Å². The standard InChI is InChI=1S/C18H25FN2O3/c1-2-6-20-7-8-21(17-10-15(19)3-4-16(17)20)18(22)13-24-12-14-5-9-23-11-14/h3-4,10,14H,2,5-9,11-13H2,1H3/t14-/m1/s1. The zero-order valence-electron chi connectivity index (χ0n) is 14.2. The summed E-state index contributed by atoms with van der Waals surface area (Å²) in [6, 6.07) is 4.66. The van der Waals surface area contributed by atoms with E-state index < -0.39 is 0 Å². The second-order valence-corrected chi connectivity index (χ2v) is 6.41. The fourth-order valence-electron chi connectivity index (χ4n) is 3.31. The van der Waals surface area contributed by atoms with Crippen molar-refractivity contribution in [1.29, 1.82) is 0 Å². The summed E-state index contributed by atoms with van der Waals surface area (Å²) < 4.78 is 24.6. The Morgan fingerprint density at radius 1 is 1.38 bits per heavy atom. The van der Waals surface area contributed by atoms with Crippen LogP contribution in [0.1, 0.15) is 19.8 Å². The number of carbonyl (C=O) groups excluding carboxylic acids is 1. The van der Waals surface area contributed by atoms with Crippen molar-refractivity contribution in [1.82, 2.24) is 0 Å². The minimum atomic E-state index is -0.325. The number of fused-ring (bicyclic) bond motifs is 1. The number of nitrogens with zero attached hydrogens (tertiary/aromatic N) is 2. The van der Waals surface area contributed by atoms with Crippen LogP contribution in [0.25, 0.3) is 0 Å². The van der Waals surface area contributed by atoms with Crippen molar-refractivity contribution in [3.05, 3.63) is 24.0 Å². The molecular weight excluding hydrogens is 311 g/mol. The molecule has 0 spiro atoms. The summed E-state index contributed by atoms with van der Waals surface area (Å²) in [6.07, 6.45) is 2.00. The molecule has 0 N–H and O–H groups in total. The number of anilines is 2. The fraction of sp³-hybridized carbons (Fsp3) is 0.611. The summed E-state index contributed by atoms with van der Waals surface area (Å²) in [4.78, 5) is 16.4. The minimum Gasteiger partial charge on any atom is -0.381 e. The van der Waals surface area contributed by atoms with Gasteiger partial charge in [0, 0.05) is 32.2 Å². The Hall–Kier alpha value is -1.66. The molecule has 0 unspecified atom stereocenters. The highest BCUT2D eigenvalue weighted by molar-refractivity contribution is 5.98. The molecule has 0 bridgehead atoms. The largest absolute Gasteiger partial charge is 0.381 e. The normalized spacial score (nSPS) is 20.3. The Morgan fingerprint density at radius 2 is 2.25 bits per heavy atom. The first kappa shape index (κ1) is 17.2. The van der Waals surface area contributed by atoms with E-state index in [9.17, 15) is 9.18 Å². The van der Waals surface area contributed by atoms with E-state index in [0.29, 0.717) is 31.4 Å². The highest BCUT2D eigenvalue weighted by atomic mass is 19.1. The zero-order valence-corrected chi connectivity index (χ0v) is 14.2. The van der Waals surface area contributed by atoms with Crippen molar-refractivity contribution in [2.24, 2.45) is 5.92 Å². The molecule has 2 heterocycles. The van der Waals surface area contributed by atoms with Crippen LogP contribution < -0.4 is 9.80 Å². The smallest absolute Gasteiger partial charge is 0.253 e. The van der Waals surface area contributed by atoms with E-state index in [-0.39, 0.29) is 18.3 Å².